The lowest BCUT2D eigenvalue weighted by Crippen LogP contribution is -1.99. The highest BCUT2D eigenvalue weighted by molar-refractivity contribution is 8.17. The van der Waals surface area contributed by atoms with E-state index in [1.165, 1.54) is 11.8 Å². The van der Waals surface area contributed by atoms with E-state index in [0.717, 1.165) is 0 Å². The van der Waals surface area contributed by atoms with Crippen molar-refractivity contribution in [3.8, 4) is 6.07 Å². The van der Waals surface area contributed by atoms with E-state index in [2.05, 4.69) is 22.1 Å². The molecule has 0 aromatic rings. The Bertz CT molecular complexity index is 608. The van der Waals surface area contributed by atoms with Crippen LogP contribution in [0.5, 0.6) is 0 Å². The van der Waals surface area contributed by atoms with Crippen molar-refractivity contribution in [1.29, 1.82) is 5.26 Å². The molecular formula is C13H11N2O3S2-. The van der Waals surface area contributed by atoms with Gasteiger partial charge in [0.2, 0.25) is 0 Å². The maximum Gasteiger partial charge on any atom is 0.169 e. The molecule has 7 heteroatoms. The normalized spacial score (nSPS) is 21.1. The maximum atomic E-state index is 10.4. The highest BCUT2D eigenvalue weighted by atomic mass is 32.2. The molecule has 5 nitrogen and oxygen atoms in total. The molecule has 0 N–H and O–H groups in total. The Hall–Kier alpha value is -1.88. The molecule has 0 bridgehead atoms. The fourth-order valence-electron chi connectivity index (χ4n) is 1.40. The molecule has 1 aliphatic rings. The molecule has 1 unspecified atom stereocenters. The van der Waals surface area contributed by atoms with Crippen molar-refractivity contribution in [2.45, 2.75) is 6.92 Å². The van der Waals surface area contributed by atoms with Crippen molar-refractivity contribution in [3.63, 3.8) is 0 Å². The van der Waals surface area contributed by atoms with Crippen LogP contribution in [0.2, 0.25) is 0 Å². The van der Waals surface area contributed by atoms with E-state index in [-0.39, 0.29) is 0 Å². The Balaban J connectivity index is 3.24. The minimum atomic E-state index is -2.73. The van der Waals surface area contributed by atoms with Crippen molar-refractivity contribution in [2.24, 2.45) is 5.16 Å². The largest absolute Gasteiger partial charge is 0.738 e. The van der Waals surface area contributed by atoms with Crippen LogP contribution in [0.3, 0.4) is 0 Å². The zero-order chi connectivity index (χ0) is 15.0. The lowest BCUT2D eigenvalue weighted by atomic mass is 10.0. The van der Waals surface area contributed by atoms with Crippen molar-refractivity contribution in [3.05, 3.63) is 59.1 Å². The minimum Gasteiger partial charge on any atom is -0.738 e. The molecule has 0 fully saturated rings. The average Bonchev–Trinajstić information content (AvgIpc) is 2.89. The number of hydrogen-bond donors (Lipinski definition) is 0. The lowest BCUT2D eigenvalue weighted by Gasteiger charge is -2.05. The van der Waals surface area contributed by atoms with Crippen molar-refractivity contribution in [2.75, 3.05) is 0 Å². The molecule has 0 aromatic carbocycles. The summed E-state index contributed by atoms with van der Waals surface area (Å²) in [6.07, 6.45) is 8.50. The molecule has 0 aromatic heterocycles. The molecule has 0 aliphatic carbocycles. The molecule has 1 atom stereocenters. The van der Waals surface area contributed by atoms with Gasteiger partial charge < -0.3 is 8.84 Å². The van der Waals surface area contributed by atoms with Crippen LogP contribution in [0.1, 0.15) is 6.92 Å². The first-order valence-electron chi connectivity index (χ1n) is 5.42. The summed E-state index contributed by atoms with van der Waals surface area (Å²) in [6, 6.07) is 2.09. The number of allylic oxidation sites excluding steroid dienone is 7. The predicted molar refractivity (Wildman–Crippen MR) is 79.9 cm³/mol. The van der Waals surface area contributed by atoms with E-state index < -0.39 is 11.4 Å². The highest BCUT2D eigenvalue weighted by Gasteiger charge is 2.18. The van der Waals surface area contributed by atoms with Gasteiger partial charge in [0, 0.05) is 5.57 Å². The average molecular weight is 307 g/mol. The third-order valence-corrected chi connectivity index (χ3v) is 3.20. The monoisotopic (exact) mass is 307 g/mol. The molecule has 0 amide bonds. The second-order valence-electron chi connectivity index (χ2n) is 3.34. The Morgan fingerprint density at radius 3 is 3.00 bits per heavy atom. The van der Waals surface area contributed by atoms with Crippen LogP contribution in [-0.2, 0) is 15.6 Å². The van der Waals surface area contributed by atoms with Crippen molar-refractivity contribution >= 4 is 28.2 Å². The zero-order valence-corrected chi connectivity index (χ0v) is 12.2. The number of rotatable bonds is 5. The van der Waals surface area contributed by atoms with Gasteiger partial charge >= 0.3 is 0 Å². The van der Waals surface area contributed by atoms with Crippen LogP contribution < -0.4 is 0 Å². The summed E-state index contributed by atoms with van der Waals surface area (Å²) in [7, 11) is 0. The Labute approximate surface area is 124 Å². The van der Waals surface area contributed by atoms with E-state index in [1.807, 2.05) is 0 Å². The number of nitriles is 1. The molecule has 104 valence electrons. The van der Waals surface area contributed by atoms with Gasteiger partial charge in [0.25, 0.3) is 0 Å². The van der Waals surface area contributed by atoms with Crippen LogP contribution >= 0.6 is 11.8 Å². The highest BCUT2D eigenvalue weighted by Crippen LogP contribution is 2.29. The van der Waals surface area contributed by atoms with Gasteiger partial charge in [-0.15, -0.1) is 0 Å². The molecule has 1 heterocycles. The van der Waals surface area contributed by atoms with Gasteiger partial charge in [-0.2, -0.15) is 5.26 Å². The standard InChI is InChI=1S/C13H12N2O3S2/c1-3-5-6-10(4-2)12(9-14)11-7-8-19-13(11)15-18-20(16)17/h3-8H,1H2,2H3,(H,16,17)/p-1/b6-5-,10-4+,12-11-,15-13-. The van der Waals surface area contributed by atoms with E-state index in [4.69, 9.17) is 0 Å². The van der Waals surface area contributed by atoms with Crippen molar-refractivity contribution < 1.29 is 13.0 Å². The maximum absolute atomic E-state index is 10.4. The smallest absolute Gasteiger partial charge is 0.169 e. The molecule has 1 aliphatic heterocycles. The molecular weight excluding hydrogens is 296 g/mol. The second-order valence-corrected chi connectivity index (χ2v) is 4.79. The van der Waals surface area contributed by atoms with Gasteiger partial charge in [-0.3, -0.25) is 0 Å². The Kier molecular flexibility index (Phi) is 6.73. The number of oxime groups is 1. The Morgan fingerprint density at radius 1 is 1.70 bits per heavy atom. The fraction of sp³-hybridized carbons (Fsp3) is 0.0769. The first kappa shape index (κ1) is 16.2. The van der Waals surface area contributed by atoms with E-state index in [9.17, 15) is 14.0 Å². The van der Waals surface area contributed by atoms with Gasteiger partial charge in [-0.1, -0.05) is 47.8 Å². The third-order valence-electron chi connectivity index (χ3n) is 2.22. The van der Waals surface area contributed by atoms with Crippen LogP contribution in [-0.4, -0.2) is 13.8 Å². The topological polar surface area (TPSA) is 85.5 Å². The molecule has 0 radical (unpaired) electrons. The molecule has 20 heavy (non-hydrogen) atoms. The molecule has 0 spiro atoms. The lowest BCUT2D eigenvalue weighted by molar-refractivity contribution is 0.319. The van der Waals surface area contributed by atoms with E-state index in [1.54, 1.807) is 42.7 Å². The second kappa shape index (κ2) is 8.32. The molecule has 0 saturated heterocycles. The quantitative estimate of drug-likeness (QED) is 0.337. The fourth-order valence-corrected chi connectivity index (χ4v) is 2.30. The summed E-state index contributed by atoms with van der Waals surface area (Å²) < 4.78 is 24.9. The van der Waals surface area contributed by atoms with Gasteiger partial charge in [-0.25, -0.2) is 4.21 Å². The Morgan fingerprint density at radius 2 is 2.45 bits per heavy atom. The molecule has 0 saturated carbocycles. The van der Waals surface area contributed by atoms with Gasteiger partial charge in [0.15, 0.2) is 11.4 Å². The first-order chi connectivity index (χ1) is 9.63. The summed E-state index contributed by atoms with van der Waals surface area (Å²) in [5.74, 6) is 0. The predicted octanol–water partition coefficient (Wildman–Crippen LogP) is 2.88. The molecule has 1 rings (SSSR count). The number of nitrogens with zero attached hydrogens (tertiary/aromatic N) is 2. The summed E-state index contributed by atoms with van der Waals surface area (Å²) >= 11 is -1.56. The van der Waals surface area contributed by atoms with Crippen LogP contribution in [0.4, 0.5) is 0 Å². The summed E-state index contributed by atoms with van der Waals surface area (Å²) in [5, 5.41) is 14.8. The summed E-state index contributed by atoms with van der Waals surface area (Å²) in [4.78, 5) is 0. The van der Waals surface area contributed by atoms with Gasteiger partial charge in [0.1, 0.15) is 11.1 Å². The number of thioether (sulfide) groups is 1. The summed E-state index contributed by atoms with van der Waals surface area (Å²) in [5.41, 5.74) is 1.58. The van der Waals surface area contributed by atoms with Crippen LogP contribution in [0, 0.1) is 11.3 Å². The minimum absolute atomic E-state index is 0.317. The van der Waals surface area contributed by atoms with Crippen LogP contribution in [0.25, 0.3) is 0 Å². The summed E-state index contributed by atoms with van der Waals surface area (Å²) in [6.45, 7) is 5.37. The zero-order valence-electron chi connectivity index (χ0n) is 10.6. The van der Waals surface area contributed by atoms with E-state index >= 15 is 0 Å². The van der Waals surface area contributed by atoms with Crippen molar-refractivity contribution in [1.82, 2.24) is 0 Å². The number of hydrogen-bond acceptors (Lipinski definition) is 6. The third kappa shape index (κ3) is 4.35. The van der Waals surface area contributed by atoms with E-state index in [0.29, 0.717) is 21.8 Å². The van der Waals surface area contributed by atoms with Crippen LogP contribution in [0.15, 0.2) is 64.2 Å². The van der Waals surface area contributed by atoms with Gasteiger partial charge in [-0.05, 0) is 24.0 Å². The SMILES string of the molecule is C=C\C=C/C(=C\C)C(/C#N)=C1/C=CS/C1=N\OS(=O)[O-]. The first-order valence-corrected chi connectivity index (χ1v) is 7.30. The van der Waals surface area contributed by atoms with Gasteiger partial charge in [0.05, 0.1) is 5.57 Å².